The van der Waals surface area contributed by atoms with E-state index in [2.05, 4.69) is 26.9 Å². The molecule has 1 aliphatic rings. The molecule has 1 aromatic heterocycles. The summed E-state index contributed by atoms with van der Waals surface area (Å²) < 4.78 is 50.8. The van der Waals surface area contributed by atoms with E-state index in [-0.39, 0.29) is 11.5 Å². The van der Waals surface area contributed by atoms with E-state index in [1.807, 2.05) is 36.2 Å². The zero-order chi connectivity index (χ0) is 24.8. The molecule has 0 saturated carbocycles. The molecule has 1 fully saturated rings. The highest BCUT2D eigenvalue weighted by molar-refractivity contribution is 5.54. The van der Waals surface area contributed by atoms with Crippen LogP contribution in [0, 0.1) is 5.82 Å². The van der Waals surface area contributed by atoms with E-state index in [1.165, 1.54) is 6.07 Å². The number of hydrogen-bond acceptors (Lipinski definition) is 7. The van der Waals surface area contributed by atoms with Crippen LogP contribution >= 0.6 is 0 Å². The zero-order valence-electron chi connectivity index (χ0n) is 20.0. The Hall–Kier alpha value is -3.11. The van der Waals surface area contributed by atoms with Gasteiger partial charge >= 0.3 is 6.43 Å². The maximum Gasteiger partial charge on any atom is 0.314 e. The van der Waals surface area contributed by atoms with Gasteiger partial charge in [0.15, 0.2) is 0 Å². The highest BCUT2D eigenvalue weighted by Crippen LogP contribution is 2.26. The molecule has 0 bridgehead atoms. The molecule has 188 valence electrons. The van der Waals surface area contributed by atoms with Crippen molar-refractivity contribution >= 4 is 5.69 Å². The maximum atomic E-state index is 14.7. The topological polar surface area (TPSA) is 57.9 Å². The van der Waals surface area contributed by atoms with E-state index in [9.17, 15) is 13.2 Å². The standard InChI is InChI=1S/C25H30F3N5O2/c1-3-32-10-12-33(13-11-32)14-15-34-21-8-6-20(7-9-21)31(2)17-19-5-4-18(16-22(19)26)24-29-30-25(35-24)23(27)28/h4-9,16,23H,3,10-15,17H2,1-2H3. The molecular formula is C25H30F3N5O2. The summed E-state index contributed by atoms with van der Waals surface area (Å²) in [7, 11) is 1.87. The number of likely N-dealkylation sites (N-methyl/N-ethyl adjacent to an activating group) is 1. The fraction of sp³-hybridized carbons (Fsp3) is 0.440. The molecule has 2 aromatic carbocycles. The molecule has 0 amide bonds. The summed E-state index contributed by atoms with van der Waals surface area (Å²) in [5, 5.41) is 6.84. The number of anilines is 1. The lowest BCUT2D eigenvalue weighted by Crippen LogP contribution is -2.47. The lowest BCUT2D eigenvalue weighted by atomic mass is 10.1. The summed E-state index contributed by atoms with van der Waals surface area (Å²) in [6, 6.07) is 12.1. The third-order valence-electron chi connectivity index (χ3n) is 6.20. The minimum atomic E-state index is -2.87. The fourth-order valence-corrected chi connectivity index (χ4v) is 4.01. The van der Waals surface area contributed by atoms with Crippen molar-refractivity contribution < 1.29 is 22.3 Å². The van der Waals surface area contributed by atoms with Gasteiger partial charge in [-0.3, -0.25) is 4.90 Å². The first-order valence-corrected chi connectivity index (χ1v) is 11.7. The van der Waals surface area contributed by atoms with Crippen LogP contribution in [-0.4, -0.2) is 72.9 Å². The van der Waals surface area contributed by atoms with Gasteiger partial charge in [0.2, 0.25) is 5.89 Å². The molecule has 3 aromatic rings. The third-order valence-corrected chi connectivity index (χ3v) is 6.20. The number of alkyl halides is 2. The van der Waals surface area contributed by atoms with Crippen molar-refractivity contribution in [2.45, 2.75) is 19.9 Å². The average molecular weight is 490 g/mol. The summed E-state index contributed by atoms with van der Waals surface area (Å²) in [6.07, 6.45) is -2.87. The molecule has 0 atom stereocenters. The van der Waals surface area contributed by atoms with E-state index in [4.69, 9.17) is 9.15 Å². The number of piperazine rings is 1. The predicted molar refractivity (Wildman–Crippen MR) is 127 cm³/mol. The van der Waals surface area contributed by atoms with Gasteiger partial charge in [-0.25, -0.2) is 4.39 Å². The van der Waals surface area contributed by atoms with Gasteiger partial charge in [-0.2, -0.15) is 8.78 Å². The van der Waals surface area contributed by atoms with Crippen LogP contribution in [0.2, 0.25) is 0 Å². The molecule has 7 nitrogen and oxygen atoms in total. The van der Waals surface area contributed by atoms with Gasteiger partial charge in [0.05, 0.1) is 0 Å². The van der Waals surface area contributed by atoms with Crippen LogP contribution in [0.1, 0.15) is 24.8 Å². The normalized spacial score (nSPS) is 15.0. The molecule has 0 spiro atoms. The Morgan fingerprint density at radius 2 is 1.74 bits per heavy atom. The van der Waals surface area contributed by atoms with Crippen LogP contribution in [-0.2, 0) is 6.54 Å². The minimum absolute atomic E-state index is 0.141. The van der Waals surface area contributed by atoms with Crippen molar-refractivity contribution in [3.05, 3.63) is 59.7 Å². The number of rotatable bonds is 10. The maximum absolute atomic E-state index is 14.7. The summed E-state index contributed by atoms with van der Waals surface area (Å²) in [5.41, 5.74) is 1.62. The Morgan fingerprint density at radius 1 is 1.03 bits per heavy atom. The van der Waals surface area contributed by atoms with E-state index < -0.39 is 18.1 Å². The first-order valence-electron chi connectivity index (χ1n) is 11.7. The average Bonchev–Trinajstić information content (AvgIpc) is 3.37. The van der Waals surface area contributed by atoms with Crippen LogP contribution in [0.25, 0.3) is 11.5 Å². The monoisotopic (exact) mass is 489 g/mol. The van der Waals surface area contributed by atoms with Gasteiger partial charge in [-0.05, 0) is 42.9 Å². The molecule has 2 heterocycles. The molecule has 1 aliphatic heterocycles. The number of benzene rings is 2. The highest BCUT2D eigenvalue weighted by Gasteiger charge is 2.18. The van der Waals surface area contributed by atoms with Crippen molar-refractivity contribution in [3.8, 4) is 17.2 Å². The molecule has 0 radical (unpaired) electrons. The Bertz CT molecular complexity index is 1080. The van der Waals surface area contributed by atoms with E-state index >= 15 is 0 Å². The fourth-order valence-electron chi connectivity index (χ4n) is 4.01. The van der Waals surface area contributed by atoms with Crippen LogP contribution in [0.15, 0.2) is 46.9 Å². The predicted octanol–water partition coefficient (Wildman–Crippen LogP) is 4.47. The Balaban J connectivity index is 1.28. The summed E-state index contributed by atoms with van der Waals surface area (Å²) in [5.74, 6) is -0.608. The summed E-state index contributed by atoms with van der Waals surface area (Å²) >= 11 is 0. The van der Waals surface area contributed by atoms with E-state index in [0.29, 0.717) is 18.7 Å². The third kappa shape index (κ3) is 6.52. The van der Waals surface area contributed by atoms with Gasteiger partial charge in [-0.1, -0.05) is 13.0 Å². The first-order chi connectivity index (χ1) is 16.9. The lowest BCUT2D eigenvalue weighted by molar-refractivity contribution is 0.116. The lowest BCUT2D eigenvalue weighted by Gasteiger charge is -2.33. The van der Waals surface area contributed by atoms with Crippen LogP contribution in [0.4, 0.5) is 18.9 Å². The van der Waals surface area contributed by atoms with Crippen molar-refractivity contribution in [1.82, 2.24) is 20.0 Å². The molecule has 4 rings (SSSR count). The molecule has 0 aliphatic carbocycles. The molecule has 1 saturated heterocycles. The highest BCUT2D eigenvalue weighted by atomic mass is 19.3. The van der Waals surface area contributed by atoms with Gasteiger partial charge in [-0.15, -0.1) is 10.2 Å². The Kier molecular flexibility index (Phi) is 8.25. The minimum Gasteiger partial charge on any atom is -0.492 e. The molecule has 35 heavy (non-hydrogen) atoms. The van der Waals surface area contributed by atoms with Gasteiger partial charge in [0.25, 0.3) is 5.89 Å². The van der Waals surface area contributed by atoms with Crippen molar-refractivity contribution in [2.24, 2.45) is 0 Å². The quantitative estimate of drug-likeness (QED) is 0.417. The van der Waals surface area contributed by atoms with Crippen molar-refractivity contribution in [3.63, 3.8) is 0 Å². The molecule has 10 heteroatoms. The van der Waals surface area contributed by atoms with Crippen LogP contribution < -0.4 is 9.64 Å². The zero-order valence-corrected chi connectivity index (χ0v) is 20.0. The van der Waals surface area contributed by atoms with Gasteiger partial charge in [0.1, 0.15) is 18.2 Å². The first kappa shape index (κ1) is 25.0. The van der Waals surface area contributed by atoms with E-state index in [0.717, 1.165) is 50.7 Å². The van der Waals surface area contributed by atoms with Crippen molar-refractivity contribution in [2.75, 3.05) is 57.8 Å². The second-order valence-corrected chi connectivity index (χ2v) is 8.53. The van der Waals surface area contributed by atoms with Crippen LogP contribution in [0.5, 0.6) is 5.75 Å². The van der Waals surface area contributed by atoms with E-state index in [1.54, 1.807) is 12.1 Å². The number of hydrogen-bond donors (Lipinski definition) is 0. The second kappa shape index (κ2) is 11.5. The molecular weight excluding hydrogens is 459 g/mol. The number of ether oxygens (including phenoxy) is 1. The van der Waals surface area contributed by atoms with Gasteiger partial charge < -0.3 is 19.0 Å². The molecule has 0 unspecified atom stereocenters. The number of nitrogens with zero attached hydrogens (tertiary/aromatic N) is 5. The summed E-state index contributed by atoms with van der Waals surface area (Å²) in [4.78, 5) is 6.78. The molecule has 0 N–H and O–H groups in total. The Labute approximate surface area is 203 Å². The summed E-state index contributed by atoms with van der Waals surface area (Å²) in [6.45, 7) is 9.53. The number of aromatic nitrogens is 2. The second-order valence-electron chi connectivity index (χ2n) is 8.53. The van der Waals surface area contributed by atoms with Crippen molar-refractivity contribution in [1.29, 1.82) is 0 Å². The van der Waals surface area contributed by atoms with Crippen LogP contribution in [0.3, 0.4) is 0 Å². The largest absolute Gasteiger partial charge is 0.492 e. The van der Waals surface area contributed by atoms with Gasteiger partial charge in [0, 0.05) is 63.1 Å². The smallest absolute Gasteiger partial charge is 0.314 e. The number of halogens is 3. The SMILES string of the molecule is CCN1CCN(CCOc2ccc(N(C)Cc3ccc(-c4nnc(C(F)F)o4)cc3F)cc2)CC1. The Morgan fingerprint density at radius 3 is 2.37 bits per heavy atom.